The topological polar surface area (TPSA) is 80.3 Å². The summed E-state index contributed by atoms with van der Waals surface area (Å²) in [5, 5.41) is 5.60. The number of para-hydroxylation sites is 2. The molecule has 3 rings (SSSR count). The van der Waals surface area contributed by atoms with E-state index >= 15 is 0 Å². The molecule has 0 aliphatic rings. The zero-order valence-corrected chi connectivity index (χ0v) is 15.7. The summed E-state index contributed by atoms with van der Waals surface area (Å²) >= 11 is 0. The molecule has 6 nitrogen and oxygen atoms in total. The Balaban J connectivity index is 1.75. The highest BCUT2D eigenvalue weighted by Crippen LogP contribution is 2.24. The smallest absolute Gasteiger partial charge is 0.274 e. The van der Waals surface area contributed by atoms with Gasteiger partial charge in [-0.2, -0.15) is 0 Å². The van der Waals surface area contributed by atoms with Crippen LogP contribution in [0.5, 0.6) is 5.75 Å². The van der Waals surface area contributed by atoms with Gasteiger partial charge in [0.2, 0.25) is 0 Å². The number of ether oxygens (including phenoxy) is 1. The van der Waals surface area contributed by atoms with E-state index in [1.807, 2.05) is 44.2 Å². The largest absolute Gasteiger partial charge is 0.492 e. The van der Waals surface area contributed by atoms with Crippen LogP contribution in [-0.2, 0) is 0 Å². The third kappa shape index (κ3) is 4.73. The number of amides is 2. The Morgan fingerprint density at radius 1 is 0.964 bits per heavy atom. The molecular formula is C22H21N3O3. The number of anilines is 2. The third-order valence-corrected chi connectivity index (χ3v) is 3.97. The lowest BCUT2D eigenvalue weighted by molar-refractivity contribution is 0.102. The highest BCUT2D eigenvalue weighted by molar-refractivity contribution is 6.08. The van der Waals surface area contributed by atoms with E-state index in [4.69, 9.17) is 4.74 Å². The van der Waals surface area contributed by atoms with E-state index in [0.717, 1.165) is 5.56 Å². The zero-order valence-electron chi connectivity index (χ0n) is 15.7. The number of aromatic nitrogens is 1. The van der Waals surface area contributed by atoms with Crippen LogP contribution in [0.15, 0.2) is 66.9 Å². The van der Waals surface area contributed by atoms with E-state index in [-0.39, 0.29) is 11.6 Å². The monoisotopic (exact) mass is 375 g/mol. The van der Waals surface area contributed by atoms with E-state index in [1.54, 1.807) is 24.3 Å². The Morgan fingerprint density at radius 2 is 1.79 bits per heavy atom. The summed E-state index contributed by atoms with van der Waals surface area (Å²) in [4.78, 5) is 29.2. The van der Waals surface area contributed by atoms with E-state index in [2.05, 4.69) is 15.6 Å². The number of hydrogen-bond donors (Lipinski definition) is 2. The molecule has 0 fully saturated rings. The average molecular weight is 375 g/mol. The first-order chi connectivity index (χ1) is 13.6. The molecule has 0 spiro atoms. The number of pyridine rings is 1. The summed E-state index contributed by atoms with van der Waals surface area (Å²) in [6.07, 6.45) is 1.44. The second-order valence-corrected chi connectivity index (χ2v) is 6.14. The van der Waals surface area contributed by atoms with Gasteiger partial charge in [-0.15, -0.1) is 0 Å². The van der Waals surface area contributed by atoms with Crippen LogP contribution in [-0.4, -0.2) is 23.4 Å². The van der Waals surface area contributed by atoms with Crippen molar-refractivity contribution in [3.8, 4) is 5.75 Å². The second-order valence-electron chi connectivity index (χ2n) is 6.14. The molecule has 0 atom stereocenters. The molecule has 0 bridgehead atoms. The van der Waals surface area contributed by atoms with Crippen molar-refractivity contribution >= 4 is 23.2 Å². The van der Waals surface area contributed by atoms with Gasteiger partial charge in [0.15, 0.2) is 0 Å². The minimum absolute atomic E-state index is 0.142. The van der Waals surface area contributed by atoms with E-state index in [0.29, 0.717) is 29.3 Å². The molecule has 2 amide bonds. The number of nitrogens with one attached hydrogen (secondary N) is 2. The minimum Gasteiger partial charge on any atom is -0.492 e. The Labute approximate surface area is 163 Å². The van der Waals surface area contributed by atoms with Crippen molar-refractivity contribution in [3.05, 3.63) is 83.7 Å². The molecule has 6 heteroatoms. The van der Waals surface area contributed by atoms with Crippen LogP contribution in [0.2, 0.25) is 0 Å². The van der Waals surface area contributed by atoms with Crippen LogP contribution < -0.4 is 15.4 Å². The predicted molar refractivity (Wildman–Crippen MR) is 109 cm³/mol. The van der Waals surface area contributed by atoms with Gasteiger partial charge in [0, 0.05) is 17.4 Å². The first-order valence-electron chi connectivity index (χ1n) is 8.94. The van der Waals surface area contributed by atoms with Gasteiger partial charge < -0.3 is 15.4 Å². The summed E-state index contributed by atoms with van der Waals surface area (Å²) in [7, 11) is 0. The fourth-order valence-corrected chi connectivity index (χ4v) is 2.66. The van der Waals surface area contributed by atoms with Crippen LogP contribution in [0.3, 0.4) is 0 Å². The van der Waals surface area contributed by atoms with Crippen LogP contribution >= 0.6 is 0 Å². The molecule has 0 unspecified atom stereocenters. The molecule has 1 heterocycles. The molecule has 2 aromatic carbocycles. The van der Waals surface area contributed by atoms with Crippen LogP contribution in [0.25, 0.3) is 0 Å². The fourth-order valence-electron chi connectivity index (χ4n) is 2.66. The maximum Gasteiger partial charge on any atom is 0.274 e. The summed E-state index contributed by atoms with van der Waals surface area (Å²) in [5.74, 6) is -0.152. The molecule has 3 aromatic rings. The lowest BCUT2D eigenvalue weighted by Gasteiger charge is -2.11. The van der Waals surface area contributed by atoms with Crippen molar-refractivity contribution in [3.63, 3.8) is 0 Å². The zero-order chi connectivity index (χ0) is 19.9. The quantitative estimate of drug-likeness (QED) is 0.673. The normalized spacial score (nSPS) is 10.2. The summed E-state index contributed by atoms with van der Waals surface area (Å²) in [6.45, 7) is 4.31. The Bertz CT molecular complexity index is 1000. The lowest BCUT2D eigenvalue weighted by atomic mass is 10.2. The van der Waals surface area contributed by atoms with Crippen molar-refractivity contribution < 1.29 is 14.3 Å². The number of rotatable bonds is 6. The van der Waals surface area contributed by atoms with Gasteiger partial charge in [0.05, 0.1) is 12.3 Å². The first-order valence-corrected chi connectivity index (χ1v) is 8.94. The summed E-state index contributed by atoms with van der Waals surface area (Å²) in [5.41, 5.74) is 2.77. The lowest BCUT2D eigenvalue weighted by Crippen LogP contribution is -2.17. The van der Waals surface area contributed by atoms with Crippen LogP contribution in [0.4, 0.5) is 11.4 Å². The maximum absolute atomic E-state index is 12.6. The molecule has 28 heavy (non-hydrogen) atoms. The fraction of sp³-hybridized carbons (Fsp3) is 0.136. The predicted octanol–water partition coefficient (Wildman–Crippen LogP) is 4.29. The first kappa shape index (κ1) is 19.1. The molecule has 2 N–H and O–H groups in total. The maximum atomic E-state index is 12.6. The molecule has 0 aliphatic carbocycles. The SMILES string of the molecule is CCOc1ccccc1NC(=O)c1cc(C(=O)Nc2cccc(C)c2)ccn1. The van der Waals surface area contributed by atoms with Crippen molar-refractivity contribution in [2.45, 2.75) is 13.8 Å². The summed E-state index contributed by atoms with van der Waals surface area (Å²) in [6, 6.07) is 17.7. The number of carbonyl (C=O) groups excluding carboxylic acids is 2. The van der Waals surface area contributed by atoms with Crippen molar-refractivity contribution in [2.24, 2.45) is 0 Å². The van der Waals surface area contributed by atoms with Gasteiger partial charge in [-0.1, -0.05) is 24.3 Å². The number of benzene rings is 2. The number of carbonyl (C=O) groups is 2. The number of aryl methyl sites for hydroxylation is 1. The van der Waals surface area contributed by atoms with Crippen molar-refractivity contribution in [2.75, 3.05) is 17.2 Å². The molecule has 0 aliphatic heterocycles. The van der Waals surface area contributed by atoms with Crippen LogP contribution in [0.1, 0.15) is 33.3 Å². The molecule has 0 radical (unpaired) electrons. The highest BCUT2D eigenvalue weighted by Gasteiger charge is 2.14. The van der Waals surface area contributed by atoms with Gasteiger partial charge in [0.25, 0.3) is 11.8 Å². The summed E-state index contributed by atoms with van der Waals surface area (Å²) < 4.78 is 5.51. The van der Waals surface area contributed by atoms with Gasteiger partial charge in [-0.05, 0) is 55.8 Å². The Morgan fingerprint density at radius 3 is 2.57 bits per heavy atom. The molecule has 142 valence electrons. The van der Waals surface area contributed by atoms with Gasteiger partial charge in [0.1, 0.15) is 11.4 Å². The highest BCUT2D eigenvalue weighted by atomic mass is 16.5. The molecular weight excluding hydrogens is 354 g/mol. The number of nitrogens with zero attached hydrogens (tertiary/aromatic N) is 1. The van der Waals surface area contributed by atoms with Gasteiger partial charge in [-0.25, -0.2) is 0 Å². The Hall–Kier alpha value is -3.67. The third-order valence-electron chi connectivity index (χ3n) is 3.97. The molecule has 1 aromatic heterocycles. The van der Waals surface area contributed by atoms with Gasteiger partial charge in [-0.3, -0.25) is 14.6 Å². The molecule has 0 saturated carbocycles. The van der Waals surface area contributed by atoms with Crippen molar-refractivity contribution in [1.29, 1.82) is 0 Å². The number of hydrogen-bond acceptors (Lipinski definition) is 4. The van der Waals surface area contributed by atoms with Crippen molar-refractivity contribution in [1.82, 2.24) is 4.98 Å². The second kappa shape index (κ2) is 8.81. The van der Waals surface area contributed by atoms with E-state index in [9.17, 15) is 9.59 Å². The van der Waals surface area contributed by atoms with Gasteiger partial charge >= 0.3 is 0 Å². The van der Waals surface area contributed by atoms with Crippen LogP contribution in [0, 0.1) is 6.92 Å². The Kier molecular flexibility index (Phi) is 6.01. The minimum atomic E-state index is -0.419. The van der Waals surface area contributed by atoms with E-state index < -0.39 is 5.91 Å². The molecule has 0 saturated heterocycles. The van der Waals surface area contributed by atoms with E-state index in [1.165, 1.54) is 12.3 Å². The standard InChI is InChI=1S/C22H21N3O3/c1-3-28-20-10-5-4-9-18(20)25-22(27)19-14-16(11-12-23-19)21(26)24-17-8-6-7-15(2)13-17/h4-14H,3H2,1-2H3,(H,24,26)(H,25,27). The average Bonchev–Trinajstić information content (AvgIpc) is 2.70.